The second kappa shape index (κ2) is 12.3. The Kier molecular flexibility index (Phi) is 8.55. The molecule has 0 spiro atoms. The van der Waals surface area contributed by atoms with Crippen molar-refractivity contribution in [3.63, 3.8) is 0 Å². The summed E-state index contributed by atoms with van der Waals surface area (Å²) in [5, 5.41) is 18.2. The van der Waals surface area contributed by atoms with Crippen molar-refractivity contribution in [1.29, 1.82) is 0 Å². The molecule has 214 valence electrons. The van der Waals surface area contributed by atoms with E-state index in [0.717, 1.165) is 50.8 Å². The third kappa shape index (κ3) is 7.11. The number of likely N-dealkylation sites (N-methyl/N-ethyl adjacent to an activating group) is 2. The van der Waals surface area contributed by atoms with Gasteiger partial charge in [-0.15, -0.1) is 5.10 Å². The fourth-order valence-corrected chi connectivity index (χ4v) is 4.92. The van der Waals surface area contributed by atoms with E-state index in [2.05, 4.69) is 36.1 Å². The van der Waals surface area contributed by atoms with E-state index in [-0.39, 0.29) is 24.0 Å². The number of imidazole rings is 1. The first kappa shape index (κ1) is 27.9. The number of amides is 3. The number of pyridine rings is 1. The Morgan fingerprint density at radius 2 is 1.68 bits per heavy atom. The molecule has 5 rings (SSSR count). The van der Waals surface area contributed by atoms with Crippen LogP contribution in [0, 0.1) is 0 Å². The Morgan fingerprint density at radius 1 is 0.975 bits per heavy atom. The molecule has 0 saturated heterocycles. The molecule has 0 radical (unpaired) electrons. The van der Waals surface area contributed by atoms with Crippen molar-refractivity contribution in [1.82, 2.24) is 34.7 Å². The zero-order chi connectivity index (χ0) is 28.2. The Balaban J connectivity index is 1.25. The van der Waals surface area contributed by atoms with Crippen LogP contribution in [0.5, 0.6) is 0 Å². The van der Waals surface area contributed by atoms with E-state index in [0.29, 0.717) is 40.6 Å². The topological polar surface area (TPSA) is 132 Å². The van der Waals surface area contributed by atoms with Crippen LogP contribution in [0.4, 0.5) is 22.0 Å². The van der Waals surface area contributed by atoms with Crippen molar-refractivity contribution in [3.05, 3.63) is 41.4 Å². The lowest BCUT2D eigenvalue weighted by atomic mass is 9.91. The number of hydrogen-bond acceptors (Lipinski definition) is 8. The summed E-state index contributed by atoms with van der Waals surface area (Å²) in [6, 6.07) is 5.97. The third-order valence-electron chi connectivity index (χ3n) is 7.26. The SMILES string of the molecule is CN(C)CCN(C)C(=O)NC1CCC(Nc2cc(NC3CC3)c3ncc(C(=O)Nc4ccnc(Cl)c4)n3n2)CC1. The molecule has 3 aromatic rings. The van der Waals surface area contributed by atoms with Crippen LogP contribution in [0.15, 0.2) is 30.6 Å². The van der Waals surface area contributed by atoms with E-state index in [1.165, 1.54) is 12.4 Å². The largest absolute Gasteiger partial charge is 0.379 e. The van der Waals surface area contributed by atoms with Crippen LogP contribution in [0.3, 0.4) is 0 Å². The number of aromatic nitrogens is 4. The standard InChI is InChI=1S/C27H37ClN10O2/c1-36(2)12-13-37(3)27(40)34-19-8-6-18(7-9-19)32-24-15-21(31-17-4-5-17)25-30-16-22(38(25)35-24)26(39)33-20-10-11-29-23(28)14-20/h10-11,14-19,31H,4-9,12-13H2,1-3H3,(H,32,35)(H,34,40)(H,29,33,39). The fraction of sp³-hybridized carbons (Fsp3) is 0.519. The molecule has 3 heterocycles. The molecule has 3 amide bonds. The molecule has 3 aromatic heterocycles. The first-order valence-corrected chi connectivity index (χ1v) is 14.1. The number of anilines is 3. The van der Waals surface area contributed by atoms with E-state index < -0.39 is 0 Å². The molecule has 0 aliphatic heterocycles. The van der Waals surface area contributed by atoms with Gasteiger partial charge in [-0.2, -0.15) is 0 Å². The van der Waals surface area contributed by atoms with Gasteiger partial charge in [-0.3, -0.25) is 4.79 Å². The van der Waals surface area contributed by atoms with Gasteiger partial charge in [0.2, 0.25) is 0 Å². The van der Waals surface area contributed by atoms with Crippen molar-refractivity contribution in [2.45, 2.75) is 56.7 Å². The first-order valence-electron chi connectivity index (χ1n) is 13.8. The molecule has 2 fully saturated rings. The van der Waals surface area contributed by atoms with E-state index in [1.807, 2.05) is 27.2 Å². The molecule has 2 saturated carbocycles. The van der Waals surface area contributed by atoms with Crippen molar-refractivity contribution in [2.24, 2.45) is 0 Å². The van der Waals surface area contributed by atoms with Crippen molar-refractivity contribution in [2.75, 3.05) is 50.2 Å². The molecule has 4 N–H and O–H groups in total. The summed E-state index contributed by atoms with van der Waals surface area (Å²) in [4.78, 5) is 38.0. The summed E-state index contributed by atoms with van der Waals surface area (Å²) >= 11 is 5.97. The van der Waals surface area contributed by atoms with Gasteiger partial charge in [-0.05, 0) is 64.8 Å². The number of nitrogens with one attached hydrogen (secondary N) is 4. The summed E-state index contributed by atoms with van der Waals surface area (Å²) in [7, 11) is 5.83. The third-order valence-corrected chi connectivity index (χ3v) is 7.46. The van der Waals surface area contributed by atoms with Crippen LogP contribution < -0.4 is 21.3 Å². The smallest absolute Gasteiger partial charge is 0.317 e. The van der Waals surface area contributed by atoms with Crippen LogP contribution in [0.25, 0.3) is 5.65 Å². The second-order valence-corrected chi connectivity index (χ2v) is 11.3. The van der Waals surface area contributed by atoms with E-state index in [9.17, 15) is 9.59 Å². The van der Waals surface area contributed by atoms with Crippen LogP contribution >= 0.6 is 11.6 Å². The highest BCUT2D eigenvalue weighted by Crippen LogP contribution is 2.30. The number of nitrogens with zero attached hydrogens (tertiary/aromatic N) is 6. The van der Waals surface area contributed by atoms with Gasteiger partial charge in [0.05, 0.1) is 11.9 Å². The number of fused-ring (bicyclic) bond motifs is 1. The lowest BCUT2D eigenvalue weighted by Crippen LogP contribution is -2.47. The van der Waals surface area contributed by atoms with Gasteiger partial charge < -0.3 is 31.1 Å². The van der Waals surface area contributed by atoms with Gasteiger partial charge >= 0.3 is 6.03 Å². The minimum absolute atomic E-state index is 0.0267. The highest BCUT2D eigenvalue weighted by Gasteiger charge is 2.26. The molecule has 13 heteroatoms. The van der Waals surface area contributed by atoms with Gasteiger partial charge in [0.1, 0.15) is 11.0 Å². The van der Waals surface area contributed by atoms with Crippen LogP contribution in [0.1, 0.15) is 49.0 Å². The summed E-state index contributed by atoms with van der Waals surface area (Å²) < 4.78 is 1.58. The molecule has 0 aromatic carbocycles. The minimum atomic E-state index is -0.344. The highest BCUT2D eigenvalue weighted by atomic mass is 35.5. The Morgan fingerprint density at radius 3 is 2.38 bits per heavy atom. The van der Waals surface area contributed by atoms with Gasteiger partial charge in [-0.1, -0.05) is 11.6 Å². The zero-order valence-corrected chi connectivity index (χ0v) is 23.9. The average Bonchev–Trinajstić information content (AvgIpc) is 3.63. The number of rotatable bonds is 10. The Hall–Kier alpha value is -3.64. The minimum Gasteiger partial charge on any atom is -0.379 e. The zero-order valence-electron chi connectivity index (χ0n) is 23.2. The predicted octanol–water partition coefficient (Wildman–Crippen LogP) is 3.53. The van der Waals surface area contributed by atoms with E-state index >= 15 is 0 Å². The summed E-state index contributed by atoms with van der Waals surface area (Å²) in [5.74, 6) is 0.328. The second-order valence-electron chi connectivity index (χ2n) is 10.9. The molecule has 2 aliphatic carbocycles. The van der Waals surface area contributed by atoms with Crippen molar-refractivity contribution < 1.29 is 9.59 Å². The highest BCUT2D eigenvalue weighted by molar-refractivity contribution is 6.29. The lowest BCUT2D eigenvalue weighted by Gasteiger charge is -2.31. The number of halogens is 1. The number of carbonyl (C=O) groups is 2. The summed E-state index contributed by atoms with van der Waals surface area (Å²) in [6.45, 7) is 1.51. The molecular weight excluding hydrogens is 532 g/mol. The normalized spacial score (nSPS) is 18.9. The Labute approximate surface area is 238 Å². The van der Waals surface area contributed by atoms with Gasteiger partial charge in [0, 0.05) is 56.2 Å². The van der Waals surface area contributed by atoms with Gasteiger partial charge in [-0.25, -0.2) is 19.3 Å². The lowest BCUT2D eigenvalue weighted by molar-refractivity contribution is 0.102. The molecule has 40 heavy (non-hydrogen) atoms. The summed E-state index contributed by atoms with van der Waals surface area (Å²) in [6.07, 6.45) is 8.85. The van der Waals surface area contributed by atoms with Crippen molar-refractivity contribution in [3.8, 4) is 0 Å². The van der Waals surface area contributed by atoms with Gasteiger partial charge in [0.15, 0.2) is 11.3 Å². The fourth-order valence-electron chi connectivity index (χ4n) is 4.75. The van der Waals surface area contributed by atoms with E-state index in [1.54, 1.807) is 21.5 Å². The molecular formula is C27H37ClN10O2. The van der Waals surface area contributed by atoms with E-state index in [4.69, 9.17) is 16.7 Å². The maximum atomic E-state index is 13.1. The quantitative estimate of drug-likeness (QED) is 0.273. The maximum Gasteiger partial charge on any atom is 0.317 e. The predicted molar refractivity (Wildman–Crippen MR) is 156 cm³/mol. The maximum absolute atomic E-state index is 13.1. The Bertz CT molecular complexity index is 1350. The average molecular weight is 569 g/mol. The molecule has 0 bridgehead atoms. The van der Waals surface area contributed by atoms with Crippen LogP contribution in [-0.4, -0.2) is 93.7 Å². The number of hydrogen-bond donors (Lipinski definition) is 4. The molecule has 12 nitrogen and oxygen atoms in total. The van der Waals surface area contributed by atoms with Crippen LogP contribution in [-0.2, 0) is 0 Å². The number of carbonyl (C=O) groups excluding carboxylic acids is 2. The molecule has 2 aliphatic rings. The molecule has 0 unspecified atom stereocenters. The van der Waals surface area contributed by atoms with Gasteiger partial charge in [0.25, 0.3) is 5.91 Å². The molecule has 0 atom stereocenters. The van der Waals surface area contributed by atoms with Crippen molar-refractivity contribution >= 4 is 46.4 Å². The monoisotopic (exact) mass is 568 g/mol. The summed E-state index contributed by atoms with van der Waals surface area (Å²) in [5.41, 5.74) is 2.29. The first-order chi connectivity index (χ1) is 19.2. The van der Waals surface area contributed by atoms with Crippen LogP contribution in [0.2, 0.25) is 5.15 Å². The number of urea groups is 1.